The summed E-state index contributed by atoms with van der Waals surface area (Å²) in [7, 11) is 0. The number of carboxylic acids is 1. The molecule has 0 aromatic carbocycles. The van der Waals surface area contributed by atoms with Crippen molar-refractivity contribution in [2.45, 2.75) is 25.3 Å². The maximum atomic E-state index is 11.5. The van der Waals surface area contributed by atoms with Gasteiger partial charge < -0.3 is 10.4 Å². The van der Waals surface area contributed by atoms with Crippen molar-refractivity contribution in [1.29, 1.82) is 0 Å². The lowest BCUT2D eigenvalue weighted by molar-refractivity contribution is 0.0696. The van der Waals surface area contributed by atoms with Crippen LogP contribution in [0.3, 0.4) is 0 Å². The number of pyridine rings is 1. The van der Waals surface area contributed by atoms with Crippen LogP contribution in [0.15, 0.2) is 18.3 Å². The lowest BCUT2D eigenvalue weighted by Gasteiger charge is -2.26. The summed E-state index contributed by atoms with van der Waals surface area (Å²) in [6.07, 6.45) is 4.38. The molecule has 0 aliphatic heterocycles. The van der Waals surface area contributed by atoms with Crippen molar-refractivity contribution >= 4 is 17.8 Å². The molecule has 0 saturated heterocycles. The highest BCUT2D eigenvalue weighted by molar-refractivity contribution is 5.90. The van der Waals surface area contributed by atoms with E-state index < -0.39 is 5.97 Å². The predicted molar refractivity (Wildman–Crippen MR) is 61.0 cm³/mol. The zero-order valence-electron chi connectivity index (χ0n) is 9.14. The van der Waals surface area contributed by atoms with Gasteiger partial charge in [0.25, 0.3) is 0 Å². The topological polar surface area (TPSA) is 91.3 Å². The highest BCUT2D eigenvalue weighted by atomic mass is 16.4. The van der Waals surface area contributed by atoms with Gasteiger partial charge in [-0.1, -0.05) is 0 Å². The van der Waals surface area contributed by atoms with Crippen molar-refractivity contribution in [2.24, 2.45) is 0 Å². The molecule has 17 heavy (non-hydrogen) atoms. The number of carbonyl (C=O) groups is 2. The van der Waals surface area contributed by atoms with Crippen molar-refractivity contribution in [3.8, 4) is 0 Å². The second-order valence-corrected chi connectivity index (χ2v) is 3.96. The molecule has 2 rings (SSSR count). The van der Waals surface area contributed by atoms with Crippen molar-refractivity contribution in [1.82, 2.24) is 10.3 Å². The molecule has 1 aliphatic rings. The van der Waals surface area contributed by atoms with Crippen LogP contribution in [0.4, 0.5) is 10.6 Å². The smallest absolute Gasteiger partial charge is 0.337 e. The third-order valence-corrected chi connectivity index (χ3v) is 2.69. The number of aromatic carboxylic acids is 1. The summed E-state index contributed by atoms with van der Waals surface area (Å²) >= 11 is 0. The first-order chi connectivity index (χ1) is 8.15. The number of urea groups is 1. The molecule has 1 heterocycles. The summed E-state index contributed by atoms with van der Waals surface area (Å²) in [6, 6.07) is 2.82. The van der Waals surface area contributed by atoms with Gasteiger partial charge in [0, 0.05) is 12.2 Å². The maximum absolute atomic E-state index is 11.5. The number of hydrogen-bond donors (Lipinski definition) is 3. The van der Waals surface area contributed by atoms with Crippen LogP contribution in [0.5, 0.6) is 0 Å². The molecule has 1 fully saturated rings. The van der Waals surface area contributed by atoms with Crippen molar-refractivity contribution in [2.75, 3.05) is 5.32 Å². The van der Waals surface area contributed by atoms with Crippen molar-refractivity contribution in [3.05, 3.63) is 23.9 Å². The SMILES string of the molecule is O=C(Nc1ccc(C(=O)O)cn1)NC1CCC1. The molecule has 0 bridgehead atoms. The summed E-state index contributed by atoms with van der Waals surface area (Å²) in [4.78, 5) is 25.9. The summed E-state index contributed by atoms with van der Waals surface area (Å²) in [6.45, 7) is 0. The molecule has 0 radical (unpaired) electrons. The van der Waals surface area contributed by atoms with E-state index in [1.54, 1.807) is 0 Å². The van der Waals surface area contributed by atoms with Gasteiger partial charge in [-0.15, -0.1) is 0 Å². The van der Waals surface area contributed by atoms with E-state index in [9.17, 15) is 9.59 Å². The minimum atomic E-state index is -1.04. The van der Waals surface area contributed by atoms with Crippen LogP contribution < -0.4 is 10.6 Å². The van der Waals surface area contributed by atoms with Gasteiger partial charge in [-0.2, -0.15) is 0 Å². The Hall–Kier alpha value is -2.11. The summed E-state index contributed by atoms with van der Waals surface area (Å²) < 4.78 is 0. The predicted octanol–water partition coefficient (Wildman–Crippen LogP) is 1.45. The Kier molecular flexibility index (Phi) is 3.22. The standard InChI is InChI=1S/C11H13N3O3/c15-10(16)7-4-5-9(12-6-7)14-11(17)13-8-2-1-3-8/h4-6,8H,1-3H2,(H,15,16)(H2,12,13,14,17). The molecule has 3 N–H and O–H groups in total. The lowest BCUT2D eigenvalue weighted by Crippen LogP contribution is -2.41. The first-order valence-electron chi connectivity index (χ1n) is 5.42. The van der Waals surface area contributed by atoms with E-state index >= 15 is 0 Å². The van der Waals surface area contributed by atoms with Crippen LogP contribution >= 0.6 is 0 Å². The second-order valence-electron chi connectivity index (χ2n) is 3.96. The van der Waals surface area contributed by atoms with Crippen LogP contribution in [0.2, 0.25) is 0 Å². The van der Waals surface area contributed by atoms with Gasteiger partial charge in [0.15, 0.2) is 0 Å². The molecule has 0 unspecified atom stereocenters. The fourth-order valence-corrected chi connectivity index (χ4v) is 1.48. The quantitative estimate of drug-likeness (QED) is 0.739. The van der Waals surface area contributed by atoms with Gasteiger partial charge in [0.1, 0.15) is 5.82 Å². The second kappa shape index (κ2) is 4.82. The molecule has 6 nitrogen and oxygen atoms in total. The number of nitrogens with one attached hydrogen (secondary N) is 2. The number of carboxylic acid groups (broad SMARTS) is 1. The van der Waals surface area contributed by atoms with E-state index in [0.29, 0.717) is 5.82 Å². The fraction of sp³-hybridized carbons (Fsp3) is 0.364. The molecule has 0 atom stereocenters. The Morgan fingerprint density at radius 3 is 2.59 bits per heavy atom. The number of rotatable bonds is 3. The Morgan fingerprint density at radius 1 is 1.35 bits per heavy atom. The summed E-state index contributed by atoms with van der Waals surface area (Å²) in [5, 5.41) is 14.0. The Morgan fingerprint density at radius 2 is 2.12 bits per heavy atom. The van der Waals surface area contributed by atoms with Crippen LogP contribution in [0.1, 0.15) is 29.6 Å². The van der Waals surface area contributed by atoms with Crippen LogP contribution in [0, 0.1) is 0 Å². The molecule has 1 aromatic rings. The average Bonchev–Trinajstić information content (AvgIpc) is 2.24. The van der Waals surface area contributed by atoms with Gasteiger partial charge in [0.2, 0.25) is 0 Å². The highest BCUT2D eigenvalue weighted by Gasteiger charge is 2.19. The first kappa shape index (κ1) is 11.4. The number of hydrogen-bond acceptors (Lipinski definition) is 3. The molecular formula is C11H13N3O3. The lowest BCUT2D eigenvalue weighted by atomic mass is 9.93. The minimum absolute atomic E-state index is 0.0925. The number of amides is 2. The first-order valence-corrected chi connectivity index (χ1v) is 5.42. The van der Waals surface area contributed by atoms with E-state index in [4.69, 9.17) is 5.11 Å². The Bertz CT molecular complexity index is 426. The van der Waals surface area contributed by atoms with Crippen LogP contribution in [0.25, 0.3) is 0 Å². The van der Waals surface area contributed by atoms with Gasteiger partial charge in [0.05, 0.1) is 5.56 Å². The molecule has 6 heteroatoms. The monoisotopic (exact) mass is 235 g/mol. The Balaban J connectivity index is 1.89. The third-order valence-electron chi connectivity index (χ3n) is 2.69. The molecular weight excluding hydrogens is 222 g/mol. The van der Waals surface area contributed by atoms with E-state index in [1.165, 1.54) is 18.3 Å². The zero-order chi connectivity index (χ0) is 12.3. The van der Waals surface area contributed by atoms with Gasteiger partial charge in [-0.05, 0) is 31.4 Å². The highest BCUT2D eigenvalue weighted by Crippen LogP contribution is 2.18. The minimum Gasteiger partial charge on any atom is -0.478 e. The normalized spacial score (nSPS) is 14.8. The van der Waals surface area contributed by atoms with Gasteiger partial charge >= 0.3 is 12.0 Å². The maximum Gasteiger partial charge on any atom is 0.337 e. The number of carbonyl (C=O) groups excluding carboxylic acids is 1. The molecule has 0 spiro atoms. The fourth-order valence-electron chi connectivity index (χ4n) is 1.48. The van der Waals surface area contributed by atoms with Crippen LogP contribution in [-0.2, 0) is 0 Å². The van der Waals surface area contributed by atoms with Crippen molar-refractivity contribution < 1.29 is 14.7 Å². The molecule has 1 aliphatic carbocycles. The largest absolute Gasteiger partial charge is 0.478 e. The Labute approximate surface area is 98.1 Å². The van der Waals surface area contributed by atoms with Crippen LogP contribution in [-0.4, -0.2) is 28.1 Å². The summed E-state index contributed by atoms with van der Waals surface area (Å²) in [5.74, 6) is -0.699. The van der Waals surface area contributed by atoms with Crippen molar-refractivity contribution in [3.63, 3.8) is 0 Å². The van der Waals surface area contributed by atoms with E-state index in [0.717, 1.165) is 19.3 Å². The molecule has 90 valence electrons. The number of anilines is 1. The van der Waals surface area contributed by atoms with E-state index in [2.05, 4.69) is 15.6 Å². The van der Waals surface area contributed by atoms with E-state index in [-0.39, 0.29) is 17.6 Å². The number of nitrogens with zero attached hydrogens (tertiary/aromatic N) is 1. The third kappa shape index (κ3) is 2.93. The molecule has 2 amide bonds. The molecule has 1 aromatic heterocycles. The van der Waals surface area contributed by atoms with Gasteiger partial charge in [-0.25, -0.2) is 14.6 Å². The van der Waals surface area contributed by atoms with E-state index in [1.807, 2.05) is 0 Å². The summed E-state index contributed by atoms with van der Waals surface area (Å²) in [5.41, 5.74) is 0.0925. The van der Waals surface area contributed by atoms with Gasteiger partial charge in [-0.3, -0.25) is 5.32 Å². The zero-order valence-corrected chi connectivity index (χ0v) is 9.14. The number of aromatic nitrogens is 1. The average molecular weight is 235 g/mol. The molecule has 1 saturated carbocycles.